The molecule has 5 rings (SSSR count). The summed E-state index contributed by atoms with van der Waals surface area (Å²) in [5.74, 6) is 0.736. The average Bonchev–Trinajstić information content (AvgIpc) is 2.82. The molecule has 0 bridgehead atoms. The third kappa shape index (κ3) is 4.57. The van der Waals surface area contributed by atoms with Crippen molar-refractivity contribution >= 4 is 39.8 Å². The first kappa shape index (κ1) is 21.2. The van der Waals surface area contributed by atoms with E-state index in [1.807, 2.05) is 17.0 Å². The van der Waals surface area contributed by atoms with Crippen molar-refractivity contribution in [1.29, 1.82) is 0 Å². The summed E-state index contributed by atoms with van der Waals surface area (Å²) in [7, 11) is 0. The van der Waals surface area contributed by atoms with Crippen LogP contribution in [0.2, 0.25) is 5.02 Å². The van der Waals surface area contributed by atoms with Gasteiger partial charge >= 0.3 is 0 Å². The number of hydrogen-bond donors (Lipinski definition) is 2. The summed E-state index contributed by atoms with van der Waals surface area (Å²) in [6.45, 7) is 4.44. The first-order valence-electron chi connectivity index (χ1n) is 10.9. The number of nitrogens with one attached hydrogen (secondary N) is 2. The van der Waals surface area contributed by atoms with Crippen LogP contribution in [0.15, 0.2) is 36.5 Å². The van der Waals surface area contributed by atoms with Crippen LogP contribution in [0.5, 0.6) is 5.75 Å². The van der Waals surface area contributed by atoms with Gasteiger partial charge in [-0.05, 0) is 56.3 Å². The predicted octanol–water partition coefficient (Wildman–Crippen LogP) is 4.13. The Bertz CT molecular complexity index is 1100. The molecule has 0 amide bonds. The van der Waals surface area contributed by atoms with E-state index in [2.05, 4.69) is 20.6 Å². The van der Waals surface area contributed by atoms with Gasteiger partial charge in [0.05, 0.1) is 23.9 Å². The van der Waals surface area contributed by atoms with E-state index in [1.165, 1.54) is 6.07 Å². The molecule has 2 aliphatic rings. The van der Waals surface area contributed by atoms with Gasteiger partial charge in [-0.2, -0.15) is 0 Å². The van der Waals surface area contributed by atoms with Gasteiger partial charge in [0.1, 0.15) is 23.2 Å². The quantitative estimate of drug-likeness (QED) is 0.596. The number of hydrogen-bond acceptors (Lipinski definition) is 7. The maximum atomic E-state index is 14.8. The Morgan fingerprint density at radius 3 is 2.75 bits per heavy atom. The number of halogens is 2. The molecular formula is C23H25ClFN5O2. The zero-order valence-electron chi connectivity index (χ0n) is 17.6. The Balaban J connectivity index is 1.39. The van der Waals surface area contributed by atoms with E-state index < -0.39 is 0 Å². The van der Waals surface area contributed by atoms with E-state index in [-0.39, 0.29) is 11.9 Å². The van der Waals surface area contributed by atoms with Gasteiger partial charge in [0.2, 0.25) is 5.95 Å². The summed E-state index contributed by atoms with van der Waals surface area (Å²) < 4.78 is 26.3. The van der Waals surface area contributed by atoms with Crippen LogP contribution in [0, 0.1) is 5.82 Å². The van der Waals surface area contributed by atoms with E-state index in [9.17, 15) is 4.39 Å². The van der Waals surface area contributed by atoms with Crippen LogP contribution < -0.4 is 20.3 Å². The van der Waals surface area contributed by atoms with E-state index in [0.29, 0.717) is 59.9 Å². The van der Waals surface area contributed by atoms with E-state index >= 15 is 0 Å². The lowest BCUT2D eigenvalue weighted by molar-refractivity contribution is 0.122. The second-order valence-electron chi connectivity index (χ2n) is 7.96. The van der Waals surface area contributed by atoms with Crippen LogP contribution in [-0.4, -0.2) is 55.5 Å². The van der Waals surface area contributed by atoms with Gasteiger partial charge < -0.3 is 25.0 Å². The first-order valence-corrected chi connectivity index (χ1v) is 11.3. The molecule has 0 saturated carbocycles. The van der Waals surface area contributed by atoms with Gasteiger partial charge in [-0.15, -0.1) is 0 Å². The van der Waals surface area contributed by atoms with Crippen LogP contribution >= 0.6 is 11.6 Å². The summed E-state index contributed by atoms with van der Waals surface area (Å²) in [5, 5.41) is 7.72. The summed E-state index contributed by atoms with van der Waals surface area (Å²) in [6.07, 6.45) is 3.68. The second-order valence-corrected chi connectivity index (χ2v) is 8.37. The number of benzene rings is 2. The maximum absolute atomic E-state index is 14.8. The van der Waals surface area contributed by atoms with Crippen LogP contribution in [0.1, 0.15) is 12.8 Å². The third-order valence-corrected chi connectivity index (χ3v) is 6.13. The normalized spacial score (nSPS) is 17.5. The number of ether oxygens (including phenoxy) is 2. The largest absolute Gasteiger partial charge is 0.488 e. The average molecular weight is 458 g/mol. The van der Waals surface area contributed by atoms with Crippen molar-refractivity contribution in [3.05, 3.63) is 47.4 Å². The highest BCUT2D eigenvalue weighted by Gasteiger charge is 2.18. The molecule has 1 aromatic heterocycles. The van der Waals surface area contributed by atoms with Crippen LogP contribution in [0.3, 0.4) is 0 Å². The van der Waals surface area contributed by atoms with E-state index in [4.69, 9.17) is 21.1 Å². The molecule has 2 fully saturated rings. The van der Waals surface area contributed by atoms with Gasteiger partial charge in [0, 0.05) is 30.4 Å². The predicted molar refractivity (Wildman–Crippen MR) is 124 cm³/mol. The Hall–Kier alpha value is -2.68. The smallest absolute Gasteiger partial charge is 0.227 e. The number of rotatable bonds is 5. The number of fused-ring (bicyclic) bond motifs is 1. The molecule has 0 spiro atoms. The minimum absolute atomic E-state index is 0.133. The molecule has 2 aromatic carbocycles. The molecule has 0 aliphatic carbocycles. The second kappa shape index (κ2) is 9.44. The molecule has 0 unspecified atom stereocenters. The van der Waals surface area contributed by atoms with Crippen molar-refractivity contribution < 1.29 is 13.9 Å². The lowest BCUT2D eigenvalue weighted by Crippen LogP contribution is -2.36. The van der Waals surface area contributed by atoms with Crippen molar-refractivity contribution in [2.24, 2.45) is 0 Å². The number of morpholine rings is 1. The number of anilines is 3. The molecule has 0 atom stereocenters. The van der Waals surface area contributed by atoms with Crippen LogP contribution in [-0.2, 0) is 4.74 Å². The molecule has 2 aliphatic heterocycles. The van der Waals surface area contributed by atoms with Crippen molar-refractivity contribution in [2.45, 2.75) is 18.9 Å². The Morgan fingerprint density at radius 2 is 1.97 bits per heavy atom. The summed E-state index contributed by atoms with van der Waals surface area (Å²) in [4.78, 5) is 11.0. The summed E-state index contributed by atoms with van der Waals surface area (Å²) in [6, 6.07) is 8.71. The molecule has 0 radical (unpaired) electrons. The van der Waals surface area contributed by atoms with Gasteiger partial charge in [-0.1, -0.05) is 11.6 Å². The Labute approximate surface area is 190 Å². The molecular weight excluding hydrogens is 433 g/mol. The fraction of sp³-hybridized carbons (Fsp3) is 0.391. The first-order chi connectivity index (χ1) is 15.7. The monoisotopic (exact) mass is 457 g/mol. The Kier molecular flexibility index (Phi) is 6.25. The molecule has 168 valence electrons. The lowest BCUT2D eigenvalue weighted by atomic mass is 10.1. The van der Waals surface area contributed by atoms with Crippen molar-refractivity contribution in [3.63, 3.8) is 0 Å². The van der Waals surface area contributed by atoms with Crippen LogP contribution in [0.25, 0.3) is 10.9 Å². The topological polar surface area (TPSA) is 71.5 Å². The molecule has 3 heterocycles. The molecule has 3 aromatic rings. The minimum atomic E-state index is -0.296. The zero-order valence-corrected chi connectivity index (χ0v) is 18.4. The van der Waals surface area contributed by atoms with Gasteiger partial charge in [0.15, 0.2) is 0 Å². The molecule has 2 saturated heterocycles. The van der Waals surface area contributed by atoms with E-state index in [0.717, 1.165) is 31.3 Å². The highest BCUT2D eigenvalue weighted by Crippen LogP contribution is 2.32. The number of nitrogens with zero attached hydrogens (tertiary/aromatic N) is 3. The standard InChI is InChI=1S/C23H25ClFN5O2/c24-18-2-4-21(32-16-5-7-26-8-6-16)22-17(18)14-27-23(29-22)28-15-1-3-20(19(25)13-15)30-9-11-31-12-10-30/h1-4,13-14,16,26H,5-12H2,(H,27,28,29). The highest BCUT2D eigenvalue weighted by molar-refractivity contribution is 6.35. The zero-order chi connectivity index (χ0) is 21.9. The third-order valence-electron chi connectivity index (χ3n) is 5.80. The van der Waals surface area contributed by atoms with Gasteiger partial charge in [-0.25, -0.2) is 14.4 Å². The summed E-state index contributed by atoms with van der Waals surface area (Å²) in [5.41, 5.74) is 1.78. The maximum Gasteiger partial charge on any atom is 0.227 e. The van der Waals surface area contributed by atoms with Crippen molar-refractivity contribution in [1.82, 2.24) is 15.3 Å². The molecule has 7 nitrogen and oxygen atoms in total. The fourth-order valence-corrected chi connectivity index (χ4v) is 4.29. The van der Waals surface area contributed by atoms with Crippen LogP contribution in [0.4, 0.5) is 21.7 Å². The molecule has 9 heteroatoms. The Morgan fingerprint density at radius 1 is 1.16 bits per heavy atom. The van der Waals surface area contributed by atoms with E-state index in [1.54, 1.807) is 18.3 Å². The van der Waals surface area contributed by atoms with Crippen molar-refractivity contribution in [2.75, 3.05) is 49.6 Å². The number of piperidine rings is 1. The highest BCUT2D eigenvalue weighted by atomic mass is 35.5. The SMILES string of the molecule is Fc1cc(Nc2ncc3c(Cl)ccc(OC4CCNCC4)c3n2)ccc1N1CCOCC1. The lowest BCUT2D eigenvalue weighted by Gasteiger charge is -2.29. The minimum Gasteiger partial charge on any atom is -0.488 e. The molecule has 2 N–H and O–H groups in total. The summed E-state index contributed by atoms with van der Waals surface area (Å²) >= 11 is 6.37. The van der Waals surface area contributed by atoms with Crippen molar-refractivity contribution in [3.8, 4) is 5.75 Å². The fourth-order valence-electron chi connectivity index (χ4n) is 4.08. The van der Waals surface area contributed by atoms with Gasteiger partial charge in [-0.3, -0.25) is 0 Å². The number of aromatic nitrogens is 2. The van der Waals surface area contributed by atoms with Gasteiger partial charge in [0.25, 0.3) is 0 Å². The molecule has 32 heavy (non-hydrogen) atoms.